The summed E-state index contributed by atoms with van der Waals surface area (Å²) in [5, 5.41) is 2.79. The van der Waals surface area contributed by atoms with Crippen LogP contribution in [0.25, 0.3) is 0 Å². The van der Waals surface area contributed by atoms with Gasteiger partial charge in [-0.1, -0.05) is 12.1 Å². The van der Waals surface area contributed by atoms with Crippen molar-refractivity contribution in [2.24, 2.45) is 0 Å². The molecule has 5 heteroatoms. The number of likely N-dealkylation sites (N-methyl/N-ethyl adjacent to an activating group) is 1. The van der Waals surface area contributed by atoms with Gasteiger partial charge in [0.2, 0.25) is 11.8 Å². The second-order valence-corrected chi connectivity index (χ2v) is 6.62. The quantitative estimate of drug-likeness (QED) is 0.802. The molecule has 2 amide bonds. The summed E-state index contributed by atoms with van der Waals surface area (Å²) in [6.07, 6.45) is 0.543. The Morgan fingerprint density at radius 2 is 1.84 bits per heavy atom. The maximum atomic E-state index is 12.2. The molecule has 0 spiro atoms. The highest BCUT2D eigenvalue weighted by molar-refractivity contribution is 14.1. The van der Waals surface area contributed by atoms with Crippen molar-refractivity contribution in [3.63, 3.8) is 0 Å². The molecule has 0 aromatic heterocycles. The van der Waals surface area contributed by atoms with Gasteiger partial charge < -0.3 is 10.2 Å². The number of benzene rings is 1. The van der Waals surface area contributed by atoms with E-state index in [1.165, 1.54) is 0 Å². The average molecular weight is 372 g/mol. The van der Waals surface area contributed by atoms with E-state index in [4.69, 9.17) is 0 Å². The average Bonchev–Trinajstić information content (AvgIpc) is 2.34. The van der Waals surface area contributed by atoms with E-state index in [2.05, 4.69) is 27.9 Å². The van der Waals surface area contributed by atoms with E-state index in [0.29, 0.717) is 6.42 Å². The van der Waals surface area contributed by atoms with Gasteiger partial charge in [0.05, 0.1) is 0 Å². The lowest BCUT2D eigenvalue weighted by Gasteiger charge is -2.40. The highest BCUT2D eigenvalue weighted by atomic mass is 127. The van der Waals surface area contributed by atoms with Crippen LogP contribution in [0.1, 0.15) is 19.4 Å². The molecular weight excluding hydrogens is 355 g/mol. The van der Waals surface area contributed by atoms with E-state index in [1.807, 2.05) is 24.3 Å². The Morgan fingerprint density at radius 1 is 1.26 bits per heavy atom. The van der Waals surface area contributed by atoms with E-state index in [1.54, 1.807) is 25.8 Å². The minimum Gasteiger partial charge on any atom is -0.340 e. The molecule has 0 bridgehead atoms. The Labute approximate surface area is 126 Å². The maximum absolute atomic E-state index is 12.2. The minimum atomic E-state index is -0.811. The Bertz CT molecular complexity index is 511. The molecule has 1 fully saturated rings. The van der Waals surface area contributed by atoms with Gasteiger partial charge in [0.25, 0.3) is 0 Å². The highest BCUT2D eigenvalue weighted by Crippen LogP contribution is 2.19. The van der Waals surface area contributed by atoms with Crippen molar-refractivity contribution in [1.82, 2.24) is 10.2 Å². The third-order valence-electron chi connectivity index (χ3n) is 3.40. The molecule has 0 aliphatic carbocycles. The van der Waals surface area contributed by atoms with Gasteiger partial charge >= 0.3 is 0 Å². The zero-order valence-electron chi connectivity index (χ0n) is 11.2. The number of piperazine rings is 1. The standard InChI is InChI=1S/C14H17IN2O2/c1-14(2)13(19)17(3)11(12(18)16-14)8-9-4-6-10(15)7-5-9/h4-7,11H,8H2,1-3H3,(H,16,18)/t11-/m0/s1. The first kappa shape index (κ1) is 14.3. The van der Waals surface area contributed by atoms with Crippen LogP contribution in [0.4, 0.5) is 0 Å². The summed E-state index contributed by atoms with van der Waals surface area (Å²) in [5.41, 5.74) is 0.244. The lowest BCUT2D eigenvalue weighted by molar-refractivity contribution is -0.151. The van der Waals surface area contributed by atoms with Crippen LogP contribution in [0.3, 0.4) is 0 Å². The maximum Gasteiger partial charge on any atom is 0.248 e. The summed E-state index contributed by atoms with van der Waals surface area (Å²) in [6, 6.07) is 7.56. The summed E-state index contributed by atoms with van der Waals surface area (Å²) in [7, 11) is 1.69. The number of carbonyl (C=O) groups is 2. The first-order chi connectivity index (χ1) is 8.81. The largest absolute Gasteiger partial charge is 0.340 e. The highest BCUT2D eigenvalue weighted by Gasteiger charge is 2.43. The Hall–Kier alpha value is -1.11. The molecule has 1 aliphatic heterocycles. The van der Waals surface area contributed by atoms with Crippen molar-refractivity contribution in [3.8, 4) is 0 Å². The van der Waals surface area contributed by atoms with Crippen molar-refractivity contribution in [2.45, 2.75) is 31.8 Å². The molecule has 0 saturated carbocycles. The van der Waals surface area contributed by atoms with Gasteiger partial charge in [-0.2, -0.15) is 0 Å². The van der Waals surface area contributed by atoms with Crippen LogP contribution in [-0.2, 0) is 16.0 Å². The summed E-state index contributed by atoms with van der Waals surface area (Å²) in [6.45, 7) is 3.45. The number of carbonyl (C=O) groups excluding carboxylic acids is 2. The Balaban J connectivity index is 2.18. The van der Waals surface area contributed by atoms with Crippen LogP contribution in [0, 0.1) is 3.57 Å². The van der Waals surface area contributed by atoms with Gasteiger partial charge in [0, 0.05) is 17.0 Å². The molecule has 0 unspecified atom stereocenters. The van der Waals surface area contributed by atoms with Crippen molar-refractivity contribution >= 4 is 34.4 Å². The van der Waals surface area contributed by atoms with Gasteiger partial charge in [-0.25, -0.2) is 0 Å². The third kappa shape index (κ3) is 2.91. The molecule has 0 radical (unpaired) electrons. The Kier molecular flexibility index (Phi) is 3.85. The van der Waals surface area contributed by atoms with Gasteiger partial charge in [-0.3, -0.25) is 9.59 Å². The molecule has 1 aromatic carbocycles. The summed E-state index contributed by atoms with van der Waals surface area (Å²) in [5.74, 6) is -0.145. The number of rotatable bonds is 2. The van der Waals surface area contributed by atoms with Gasteiger partial charge in [0.15, 0.2) is 0 Å². The van der Waals surface area contributed by atoms with Crippen LogP contribution >= 0.6 is 22.6 Å². The molecule has 1 N–H and O–H groups in total. The lowest BCUT2D eigenvalue weighted by Crippen LogP contribution is -2.67. The van der Waals surface area contributed by atoms with Crippen molar-refractivity contribution < 1.29 is 9.59 Å². The lowest BCUT2D eigenvalue weighted by atomic mass is 9.94. The van der Waals surface area contributed by atoms with Crippen LogP contribution in [0.5, 0.6) is 0 Å². The number of hydrogen-bond donors (Lipinski definition) is 1. The van der Waals surface area contributed by atoms with Crippen LogP contribution in [0.15, 0.2) is 24.3 Å². The SMILES string of the molecule is CN1C(=O)C(C)(C)NC(=O)[C@@H]1Cc1ccc(I)cc1. The second kappa shape index (κ2) is 5.11. The fourth-order valence-corrected chi connectivity index (χ4v) is 2.64. The summed E-state index contributed by atoms with van der Waals surface area (Å²) in [4.78, 5) is 25.8. The van der Waals surface area contributed by atoms with E-state index in [-0.39, 0.29) is 11.8 Å². The molecule has 1 atom stereocenters. The summed E-state index contributed by atoms with van der Waals surface area (Å²) >= 11 is 2.24. The topological polar surface area (TPSA) is 49.4 Å². The normalized spacial score (nSPS) is 22.3. The van der Waals surface area contributed by atoms with E-state index >= 15 is 0 Å². The monoisotopic (exact) mass is 372 g/mol. The molecule has 4 nitrogen and oxygen atoms in total. The van der Waals surface area contributed by atoms with E-state index in [0.717, 1.165) is 9.13 Å². The zero-order chi connectivity index (χ0) is 14.2. The van der Waals surface area contributed by atoms with Gasteiger partial charge in [-0.05, 0) is 54.1 Å². The number of nitrogens with one attached hydrogen (secondary N) is 1. The molecule has 2 rings (SSSR count). The number of halogens is 1. The van der Waals surface area contributed by atoms with Crippen molar-refractivity contribution in [1.29, 1.82) is 0 Å². The number of hydrogen-bond acceptors (Lipinski definition) is 2. The number of amides is 2. The zero-order valence-corrected chi connectivity index (χ0v) is 13.4. The predicted octanol–water partition coefficient (Wildman–Crippen LogP) is 1.57. The fraction of sp³-hybridized carbons (Fsp3) is 0.429. The summed E-state index contributed by atoms with van der Waals surface area (Å²) < 4.78 is 1.15. The fourth-order valence-electron chi connectivity index (χ4n) is 2.28. The molecular formula is C14H17IN2O2. The number of nitrogens with zero attached hydrogens (tertiary/aromatic N) is 1. The second-order valence-electron chi connectivity index (χ2n) is 5.38. The Morgan fingerprint density at radius 3 is 2.42 bits per heavy atom. The molecule has 102 valence electrons. The van der Waals surface area contributed by atoms with Crippen LogP contribution in [0.2, 0.25) is 0 Å². The van der Waals surface area contributed by atoms with E-state index < -0.39 is 11.6 Å². The third-order valence-corrected chi connectivity index (χ3v) is 4.12. The van der Waals surface area contributed by atoms with Crippen LogP contribution < -0.4 is 5.32 Å². The molecule has 1 heterocycles. The smallest absolute Gasteiger partial charge is 0.248 e. The first-order valence-corrected chi connectivity index (χ1v) is 7.23. The predicted molar refractivity (Wildman–Crippen MR) is 81.6 cm³/mol. The van der Waals surface area contributed by atoms with Gasteiger partial charge in [-0.15, -0.1) is 0 Å². The van der Waals surface area contributed by atoms with Crippen molar-refractivity contribution in [2.75, 3.05) is 7.05 Å². The van der Waals surface area contributed by atoms with Gasteiger partial charge in [0.1, 0.15) is 11.6 Å². The first-order valence-electron chi connectivity index (χ1n) is 6.15. The van der Waals surface area contributed by atoms with Crippen molar-refractivity contribution in [3.05, 3.63) is 33.4 Å². The van der Waals surface area contributed by atoms with E-state index in [9.17, 15) is 9.59 Å². The molecule has 1 aliphatic rings. The minimum absolute atomic E-state index is 0.0531. The molecule has 19 heavy (non-hydrogen) atoms. The molecule has 1 aromatic rings. The molecule has 1 saturated heterocycles. The van der Waals surface area contributed by atoms with Crippen LogP contribution in [-0.4, -0.2) is 35.3 Å².